The zero-order valence-corrected chi connectivity index (χ0v) is 16.2. The summed E-state index contributed by atoms with van der Waals surface area (Å²) in [6.45, 7) is 3.41. The molecule has 0 spiro atoms. The van der Waals surface area contributed by atoms with Crippen molar-refractivity contribution in [2.45, 2.75) is 44.1 Å². The highest BCUT2D eigenvalue weighted by molar-refractivity contribution is 5.82. The van der Waals surface area contributed by atoms with Crippen LogP contribution < -0.4 is 15.2 Å². The summed E-state index contributed by atoms with van der Waals surface area (Å²) in [5, 5.41) is 0. The minimum absolute atomic E-state index is 0.106. The summed E-state index contributed by atoms with van der Waals surface area (Å²) in [6.07, 6.45) is 0.549. The van der Waals surface area contributed by atoms with E-state index in [9.17, 15) is 9.18 Å². The van der Waals surface area contributed by atoms with E-state index in [2.05, 4.69) is 17.0 Å². The molecule has 2 saturated heterocycles. The van der Waals surface area contributed by atoms with E-state index in [4.69, 9.17) is 15.2 Å². The largest absolute Gasteiger partial charge is 0.493 e. The molecular weight excluding hydrogens is 349 g/mol. The number of nitrogens with zero attached hydrogens (tertiary/aromatic N) is 2. The lowest BCUT2D eigenvalue weighted by molar-refractivity contribution is -0.134. The first-order valence-electron chi connectivity index (χ1n) is 9.63. The van der Waals surface area contributed by atoms with Gasteiger partial charge < -0.3 is 20.1 Å². The molecule has 2 fully saturated rings. The van der Waals surface area contributed by atoms with Crippen LogP contribution in [0.5, 0.6) is 11.5 Å². The standard InChI is InChI=1S/C20H28FN3O3/c1-11-14(21)9-24(20(11)25)17-10-23-5-4-12-6-18(26-2)19(27-3)7-13(12)16(23)8-15(17)22/h6-7,11,14-17H,4-5,8-10,22H2,1-3H3. The zero-order chi connectivity index (χ0) is 19.3. The molecule has 5 unspecified atom stereocenters. The highest BCUT2D eigenvalue weighted by atomic mass is 19.1. The van der Waals surface area contributed by atoms with Crippen LogP contribution in [0.25, 0.3) is 0 Å². The van der Waals surface area contributed by atoms with Gasteiger partial charge in [-0.05, 0) is 36.1 Å². The lowest BCUT2D eigenvalue weighted by Crippen LogP contribution is -2.60. The van der Waals surface area contributed by atoms with Gasteiger partial charge in [0.1, 0.15) is 6.17 Å². The Morgan fingerprint density at radius 2 is 1.89 bits per heavy atom. The van der Waals surface area contributed by atoms with Crippen molar-refractivity contribution in [1.29, 1.82) is 0 Å². The number of nitrogens with two attached hydrogens (primary N) is 1. The van der Waals surface area contributed by atoms with E-state index in [1.807, 2.05) is 0 Å². The van der Waals surface area contributed by atoms with Crippen molar-refractivity contribution in [2.75, 3.05) is 33.9 Å². The number of amides is 1. The fourth-order valence-corrected chi connectivity index (χ4v) is 4.85. The maximum absolute atomic E-state index is 14.0. The second kappa shape index (κ2) is 6.95. The number of piperidine rings is 1. The Morgan fingerprint density at radius 1 is 1.19 bits per heavy atom. The van der Waals surface area contributed by atoms with E-state index in [0.717, 1.165) is 30.9 Å². The second-order valence-electron chi connectivity index (χ2n) is 7.93. The summed E-state index contributed by atoms with van der Waals surface area (Å²) in [6, 6.07) is 4.00. The van der Waals surface area contributed by atoms with Crippen LogP contribution in [0.4, 0.5) is 4.39 Å². The fraction of sp³-hybridized carbons (Fsp3) is 0.650. The number of halogens is 1. The molecule has 0 aromatic heterocycles. The number of likely N-dealkylation sites (tertiary alicyclic amines) is 1. The van der Waals surface area contributed by atoms with Crippen LogP contribution in [0.15, 0.2) is 12.1 Å². The second-order valence-corrected chi connectivity index (χ2v) is 7.93. The average Bonchev–Trinajstić information content (AvgIpc) is 2.93. The minimum atomic E-state index is -1.10. The number of rotatable bonds is 3. The SMILES string of the molecule is COc1cc2c(cc1OC)C1CC(N)C(N3CC(F)C(C)C3=O)CN1CC2. The molecule has 1 aromatic rings. The molecule has 5 atom stereocenters. The summed E-state index contributed by atoms with van der Waals surface area (Å²) in [4.78, 5) is 16.5. The van der Waals surface area contributed by atoms with Gasteiger partial charge in [-0.15, -0.1) is 0 Å². The van der Waals surface area contributed by atoms with Crippen molar-refractivity contribution >= 4 is 5.91 Å². The highest BCUT2D eigenvalue weighted by Crippen LogP contribution is 2.42. The normalized spacial score (nSPS) is 33.6. The summed E-state index contributed by atoms with van der Waals surface area (Å²) in [7, 11) is 3.29. The molecule has 3 aliphatic rings. The van der Waals surface area contributed by atoms with Crippen LogP contribution in [-0.2, 0) is 11.2 Å². The number of ether oxygens (including phenoxy) is 2. The molecule has 1 amide bonds. The van der Waals surface area contributed by atoms with Crippen LogP contribution in [0.2, 0.25) is 0 Å². The average molecular weight is 377 g/mol. The Bertz CT molecular complexity index is 743. The number of benzene rings is 1. The van der Waals surface area contributed by atoms with Gasteiger partial charge in [-0.25, -0.2) is 4.39 Å². The summed E-state index contributed by atoms with van der Waals surface area (Å²) in [5.74, 6) is 0.796. The maximum atomic E-state index is 14.0. The Hall–Kier alpha value is -1.86. The van der Waals surface area contributed by atoms with E-state index in [1.165, 1.54) is 11.1 Å². The molecule has 0 aliphatic carbocycles. The van der Waals surface area contributed by atoms with Gasteiger partial charge >= 0.3 is 0 Å². The Balaban J connectivity index is 1.59. The fourth-order valence-electron chi connectivity index (χ4n) is 4.85. The van der Waals surface area contributed by atoms with Crippen LogP contribution in [-0.4, -0.2) is 67.8 Å². The minimum Gasteiger partial charge on any atom is -0.493 e. The summed E-state index contributed by atoms with van der Waals surface area (Å²) < 4.78 is 25.0. The van der Waals surface area contributed by atoms with E-state index >= 15 is 0 Å². The Morgan fingerprint density at radius 3 is 2.52 bits per heavy atom. The van der Waals surface area contributed by atoms with Gasteiger partial charge in [0, 0.05) is 25.2 Å². The highest BCUT2D eigenvalue weighted by Gasteiger charge is 2.46. The third-order valence-corrected chi connectivity index (χ3v) is 6.51. The van der Waals surface area contributed by atoms with Crippen molar-refractivity contribution in [3.8, 4) is 11.5 Å². The predicted molar refractivity (Wildman–Crippen MR) is 99.7 cm³/mol. The third-order valence-electron chi connectivity index (χ3n) is 6.51. The molecule has 27 heavy (non-hydrogen) atoms. The quantitative estimate of drug-likeness (QED) is 0.865. The molecule has 0 saturated carbocycles. The van der Waals surface area contributed by atoms with E-state index in [0.29, 0.717) is 6.54 Å². The van der Waals surface area contributed by atoms with Gasteiger partial charge in [-0.3, -0.25) is 9.69 Å². The monoisotopic (exact) mass is 377 g/mol. The molecule has 3 aliphatic heterocycles. The van der Waals surface area contributed by atoms with E-state index < -0.39 is 12.1 Å². The number of alkyl halides is 1. The summed E-state index contributed by atoms with van der Waals surface area (Å²) >= 11 is 0. The summed E-state index contributed by atoms with van der Waals surface area (Å²) in [5.41, 5.74) is 8.98. The lowest BCUT2D eigenvalue weighted by Gasteiger charge is -2.48. The number of carbonyl (C=O) groups is 1. The van der Waals surface area contributed by atoms with E-state index in [1.54, 1.807) is 26.0 Å². The van der Waals surface area contributed by atoms with Crippen molar-refractivity contribution in [3.63, 3.8) is 0 Å². The van der Waals surface area contributed by atoms with Gasteiger partial charge in [0.2, 0.25) is 5.91 Å². The predicted octanol–water partition coefficient (Wildman–Crippen LogP) is 1.52. The maximum Gasteiger partial charge on any atom is 0.228 e. The van der Waals surface area contributed by atoms with E-state index in [-0.39, 0.29) is 30.6 Å². The lowest BCUT2D eigenvalue weighted by atomic mass is 9.83. The van der Waals surface area contributed by atoms with Gasteiger partial charge in [-0.1, -0.05) is 6.92 Å². The van der Waals surface area contributed by atoms with Crippen LogP contribution >= 0.6 is 0 Å². The van der Waals surface area contributed by atoms with Crippen molar-refractivity contribution in [1.82, 2.24) is 9.80 Å². The molecule has 0 bridgehead atoms. The number of hydrogen-bond acceptors (Lipinski definition) is 5. The van der Waals surface area contributed by atoms with Crippen molar-refractivity contribution < 1.29 is 18.7 Å². The first-order chi connectivity index (χ1) is 12.9. The van der Waals surface area contributed by atoms with Gasteiger partial charge in [0.25, 0.3) is 0 Å². The topological polar surface area (TPSA) is 68.0 Å². The first kappa shape index (κ1) is 18.5. The smallest absolute Gasteiger partial charge is 0.228 e. The van der Waals surface area contributed by atoms with Gasteiger partial charge in [0.05, 0.1) is 32.7 Å². The number of carbonyl (C=O) groups excluding carboxylic acids is 1. The molecule has 6 nitrogen and oxygen atoms in total. The number of methoxy groups -OCH3 is 2. The molecule has 0 radical (unpaired) electrons. The van der Waals surface area contributed by atoms with Crippen LogP contribution in [0.3, 0.4) is 0 Å². The van der Waals surface area contributed by atoms with Crippen LogP contribution in [0.1, 0.15) is 30.5 Å². The molecule has 148 valence electrons. The Labute approximate surface area is 159 Å². The molecule has 3 heterocycles. The van der Waals surface area contributed by atoms with Crippen molar-refractivity contribution in [3.05, 3.63) is 23.3 Å². The molecule has 2 N–H and O–H groups in total. The molecule has 7 heteroatoms. The molecular formula is C20H28FN3O3. The van der Waals surface area contributed by atoms with Crippen LogP contribution in [0, 0.1) is 5.92 Å². The Kier molecular flexibility index (Phi) is 4.76. The first-order valence-corrected chi connectivity index (χ1v) is 9.63. The van der Waals surface area contributed by atoms with Gasteiger partial charge in [-0.2, -0.15) is 0 Å². The van der Waals surface area contributed by atoms with Gasteiger partial charge in [0.15, 0.2) is 11.5 Å². The number of fused-ring (bicyclic) bond motifs is 3. The molecule has 1 aromatic carbocycles. The number of hydrogen-bond donors (Lipinski definition) is 1. The zero-order valence-electron chi connectivity index (χ0n) is 16.2. The third kappa shape index (κ3) is 2.97. The van der Waals surface area contributed by atoms with Crippen molar-refractivity contribution in [2.24, 2.45) is 11.7 Å². The molecule has 4 rings (SSSR count).